The maximum Gasteiger partial charge on any atom is 0.304 e. The average Bonchev–Trinajstić information content (AvgIpc) is 2.54. The van der Waals surface area contributed by atoms with Gasteiger partial charge in [-0.1, -0.05) is 6.92 Å². The van der Waals surface area contributed by atoms with Crippen LogP contribution in [0.1, 0.15) is 32.6 Å². The summed E-state index contributed by atoms with van der Waals surface area (Å²) in [6.07, 6.45) is 4.16. The molecule has 2 heterocycles. The normalized spacial score (nSPS) is 32.9. The third-order valence-electron chi connectivity index (χ3n) is 3.47. The van der Waals surface area contributed by atoms with Crippen molar-refractivity contribution in [3.8, 4) is 0 Å². The van der Waals surface area contributed by atoms with Crippen LogP contribution in [-0.2, 0) is 9.53 Å². The molecule has 86 valence electrons. The number of likely N-dealkylation sites (tertiary alicyclic amines) is 1. The van der Waals surface area contributed by atoms with Gasteiger partial charge in [-0.05, 0) is 19.3 Å². The molecule has 15 heavy (non-hydrogen) atoms. The molecule has 2 saturated heterocycles. The van der Waals surface area contributed by atoms with Gasteiger partial charge in [0, 0.05) is 19.1 Å². The molecule has 0 aromatic carbocycles. The number of hydrogen-bond donors (Lipinski definition) is 1. The Kier molecular flexibility index (Phi) is 3.26. The molecular formula is C11H19NO3. The molecule has 0 aromatic rings. The summed E-state index contributed by atoms with van der Waals surface area (Å²) in [5.74, 6) is -0.694. The minimum Gasteiger partial charge on any atom is -0.481 e. The van der Waals surface area contributed by atoms with Crippen molar-refractivity contribution in [3.05, 3.63) is 0 Å². The highest BCUT2D eigenvalue weighted by Gasteiger charge is 2.36. The molecule has 0 radical (unpaired) electrons. The summed E-state index contributed by atoms with van der Waals surface area (Å²) >= 11 is 0. The summed E-state index contributed by atoms with van der Waals surface area (Å²) in [5, 5.41) is 8.84. The predicted molar refractivity (Wildman–Crippen MR) is 55.8 cm³/mol. The first kappa shape index (κ1) is 10.9. The zero-order valence-corrected chi connectivity index (χ0v) is 9.19. The van der Waals surface area contributed by atoms with E-state index in [2.05, 4.69) is 11.8 Å². The SMILES string of the molecule is CCC(CC(=O)O)N1CC2CCC(C1)O2. The minimum absolute atomic E-state index is 0.189. The molecule has 2 rings (SSSR count). The van der Waals surface area contributed by atoms with Gasteiger partial charge < -0.3 is 9.84 Å². The van der Waals surface area contributed by atoms with E-state index in [1.54, 1.807) is 0 Å². The van der Waals surface area contributed by atoms with Crippen molar-refractivity contribution in [2.24, 2.45) is 0 Å². The van der Waals surface area contributed by atoms with Gasteiger partial charge in [-0.15, -0.1) is 0 Å². The molecule has 0 aliphatic carbocycles. The Bertz CT molecular complexity index is 232. The maximum atomic E-state index is 10.7. The molecule has 3 unspecified atom stereocenters. The van der Waals surface area contributed by atoms with Crippen molar-refractivity contribution in [2.75, 3.05) is 13.1 Å². The fourth-order valence-electron chi connectivity index (χ4n) is 2.68. The van der Waals surface area contributed by atoms with E-state index in [1.165, 1.54) is 0 Å². The van der Waals surface area contributed by atoms with E-state index >= 15 is 0 Å². The van der Waals surface area contributed by atoms with Crippen LogP contribution in [0.4, 0.5) is 0 Å². The molecule has 4 heteroatoms. The number of rotatable bonds is 4. The van der Waals surface area contributed by atoms with Crippen molar-refractivity contribution < 1.29 is 14.6 Å². The minimum atomic E-state index is -0.694. The lowest BCUT2D eigenvalue weighted by atomic mass is 10.1. The number of nitrogens with zero attached hydrogens (tertiary/aromatic N) is 1. The Morgan fingerprint density at radius 2 is 2.07 bits per heavy atom. The van der Waals surface area contributed by atoms with Crippen LogP contribution in [0.5, 0.6) is 0 Å². The van der Waals surface area contributed by atoms with E-state index in [4.69, 9.17) is 9.84 Å². The highest BCUT2D eigenvalue weighted by atomic mass is 16.5. The largest absolute Gasteiger partial charge is 0.481 e. The Hall–Kier alpha value is -0.610. The van der Waals surface area contributed by atoms with E-state index < -0.39 is 5.97 Å². The fraction of sp³-hybridized carbons (Fsp3) is 0.909. The first-order valence-electron chi connectivity index (χ1n) is 5.80. The Morgan fingerprint density at radius 3 is 2.53 bits per heavy atom. The summed E-state index contributed by atoms with van der Waals surface area (Å²) in [6.45, 7) is 3.90. The molecule has 3 atom stereocenters. The molecule has 4 nitrogen and oxygen atoms in total. The molecule has 2 aliphatic rings. The van der Waals surface area contributed by atoms with Gasteiger partial charge in [-0.2, -0.15) is 0 Å². The molecule has 1 N–H and O–H groups in total. The summed E-state index contributed by atoms with van der Waals surface area (Å²) in [5.41, 5.74) is 0. The number of morpholine rings is 1. The molecule has 2 bridgehead atoms. The third kappa shape index (κ3) is 2.49. The summed E-state index contributed by atoms with van der Waals surface area (Å²) in [7, 11) is 0. The number of hydrogen-bond acceptors (Lipinski definition) is 3. The number of aliphatic carboxylic acids is 1. The number of carboxylic acid groups (broad SMARTS) is 1. The zero-order valence-electron chi connectivity index (χ0n) is 9.19. The number of carboxylic acids is 1. The topological polar surface area (TPSA) is 49.8 Å². The van der Waals surface area contributed by atoms with Gasteiger partial charge in [0.25, 0.3) is 0 Å². The molecular weight excluding hydrogens is 194 g/mol. The monoisotopic (exact) mass is 213 g/mol. The van der Waals surface area contributed by atoms with Crippen molar-refractivity contribution >= 4 is 5.97 Å². The smallest absolute Gasteiger partial charge is 0.304 e. The quantitative estimate of drug-likeness (QED) is 0.760. The lowest BCUT2D eigenvalue weighted by Gasteiger charge is -2.37. The number of fused-ring (bicyclic) bond motifs is 2. The zero-order chi connectivity index (χ0) is 10.8. The van der Waals surface area contributed by atoms with E-state index in [9.17, 15) is 4.79 Å². The lowest BCUT2D eigenvalue weighted by Crippen LogP contribution is -2.48. The molecule has 0 amide bonds. The summed E-state index contributed by atoms with van der Waals surface area (Å²) in [6, 6.07) is 0.189. The van der Waals surface area contributed by atoms with Crippen LogP contribution in [0.25, 0.3) is 0 Å². The summed E-state index contributed by atoms with van der Waals surface area (Å²) < 4.78 is 5.74. The maximum absolute atomic E-state index is 10.7. The first-order valence-corrected chi connectivity index (χ1v) is 5.80. The first-order chi connectivity index (χ1) is 7.19. The van der Waals surface area contributed by atoms with Crippen LogP contribution in [0.3, 0.4) is 0 Å². The molecule has 0 aromatic heterocycles. The van der Waals surface area contributed by atoms with E-state index in [-0.39, 0.29) is 12.5 Å². The number of carbonyl (C=O) groups is 1. The highest BCUT2D eigenvalue weighted by molar-refractivity contribution is 5.67. The van der Waals surface area contributed by atoms with E-state index in [0.29, 0.717) is 12.2 Å². The highest BCUT2D eigenvalue weighted by Crippen LogP contribution is 2.28. The second-order valence-corrected chi connectivity index (χ2v) is 4.57. The van der Waals surface area contributed by atoms with Gasteiger partial charge in [0.2, 0.25) is 0 Å². The van der Waals surface area contributed by atoms with Crippen molar-refractivity contribution in [2.45, 2.75) is 50.9 Å². The van der Waals surface area contributed by atoms with Crippen LogP contribution < -0.4 is 0 Å². The molecule has 2 fully saturated rings. The van der Waals surface area contributed by atoms with Gasteiger partial charge in [-0.25, -0.2) is 0 Å². The van der Waals surface area contributed by atoms with Gasteiger partial charge in [0.15, 0.2) is 0 Å². The third-order valence-corrected chi connectivity index (χ3v) is 3.47. The fourth-order valence-corrected chi connectivity index (χ4v) is 2.68. The van der Waals surface area contributed by atoms with Gasteiger partial charge in [-0.3, -0.25) is 9.69 Å². The molecule has 0 spiro atoms. The Balaban J connectivity index is 1.93. The van der Waals surface area contributed by atoms with Crippen molar-refractivity contribution in [1.29, 1.82) is 0 Å². The van der Waals surface area contributed by atoms with E-state index in [0.717, 1.165) is 32.4 Å². The molecule has 2 aliphatic heterocycles. The van der Waals surface area contributed by atoms with Gasteiger partial charge >= 0.3 is 5.97 Å². The van der Waals surface area contributed by atoms with Crippen LogP contribution in [0, 0.1) is 0 Å². The van der Waals surface area contributed by atoms with Crippen LogP contribution >= 0.6 is 0 Å². The predicted octanol–water partition coefficient (Wildman–Crippen LogP) is 1.10. The molecule has 0 saturated carbocycles. The Morgan fingerprint density at radius 1 is 1.47 bits per heavy atom. The standard InChI is InChI=1S/C11H19NO3/c1-2-8(5-11(13)14)12-6-9-3-4-10(7-12)15-9/h8-10H,2-7H2,1H3,(H,13,14). The van der Waals surface area contributed by atoms with Gasteiger partial charge in [0.1, 0.15) is 0 Å². The lowest BCUT2D eigenvalue weighted by molar-refractivity contribution is -0.139. The van der Waals surface area contributed by atoms with Crippen molar-refractivity contribution in [3.63, 3.8) is 0 Å². The van der Waals surface area contributed by atoms with Crippen LogP contribution in [0.15, 0.2) is 0 Å². The van der Waals surface area contributed by atoms with Crippen LogP contribution in [0.2, 0.25) is 0 Å². The number of ether oxygens (including phenoxy) is 1. The van der Waals surface area contributed by atoms with Crippen molar-refractivity contribution in [1.82, 2.24) is 4.90 Å². The van der Waals surface area contributed by atoms with E-state index in [1.807, 2.05) is 0 Å². The average molecular weight is 213 g/mol. The van der Waals surface area contributed by atoms with Crippen LogP contribution in [-0.4, -0.2) is 47.3 Å². The summed E-state index contributed by atoms with van der Waals surface area (Å²) in [4.78, 5) is 13.0. The second-order valence-electron chi connectivity index (χ2n) is 4.57. The Labute approximate surface area is 90.2 Å². The van der Waals surface area contributed by atoms with Gasteiger partial charge in [0.05, 0.1) is 18.6 Å². The second kappa shape index (κ2) is 4.49.